The lowest BCUT2D eigenvalue weighted by molar-refractivity contribution is -0.148. The van der Waals surface area contributed by atoms with Crippen LogP contribution in [0.5, 0.6) is 0 Å². The van der Waals surface area contributed by atoms with Crippen molar-refractivity contribution in [1.29, 1.82) is 0 Å². The van der Waals surface area contributed by atoms with Gasteiger partial charge in [-0.1, -0.05) is 29.8 Å². The zero-order valence-electron chi connectivity index (χ0n) is 18.3. The Bertz CT molecular complexity index is 1110. The highest BCUT2D eigenvalue weighted by atomic mass is 35.5. The molecule has 3 rings (SSSR count). The number of carbonyl (C=O) groups excluding carboxylic acids is 2. The summed E-state index contributed by atoms with van der Waals surface area (Å²) >= 11 is 6.30. The van der Waals surface area contributed by atoms with Gasteiger partial charge >= 0.3 is 5.97 Å². The molecule has 1 saturated heterocycles. The van der Waals surface area contributed by atoms with E-state index >= 15 is 0 Å². The maximum Gasteiger partial charge on any atom is 0.327 e. The Morgan fingerprint density at radius 1 is 1.09 bits per heavy atom. The Morgan fingerprint density at radius 2 is 1.70 bits per heavy atom. The number of nitrogens with zero attached hydrogens (tertiary/aromatic N) is 3. The monoisotopic (exact) mass is 497 g/mol. The van der Waals surface area contributed by atoms with Crippen LogP contribution in [0.25, 0.3) is 0 Å². The van der Waals surface area contributed by atoms with Crippen molar-refractivity contribution < 1.29 is 27.1 Å². The summed E-state index contributed by atoms with van der Waals surface area (Å²) in [4.78, 5) is 28.6. The second-order valence-electron chi connectivity index (χ2n) is 7.58. The van der Waals surface area contributed by atoms with Gasteiger partial charge in [-0.05, 0) is 35.9 Å². The van der Waals surface area contributed by atoms with E-state index in [2.05, 4.69) is 0 Å². The molecule has 1 aliphatic heterocycles. The molecule has 1 heterocycles. The Hall–Kier alpha value is -2.53. The molecule has 11 heteroatoms. The minimum atomic E-state index is -3.94. The first kappa shape index (κ1) is 25.1. The van der Waals surface area contributed by atoms with E-state index in [9.17, 15) is 22.4 Å². The van der Waals surface area contributed by atoms with Crippen molar-refractivity contribution in [2.24, 2.45) is 0 Å². The highest BCUT2D eigenvalue weighted by Crippen LogP contribution is 2.29. The number of halogens is 2. The molecule has 0 bridgehead atoms. The number of piperazine rings is 1. The van der Waals surface area contributed by atoms with E-state index in [4.69, 9.17) is 16.3 Å². The fraction of sp³-hybridized carbons (Fsp3) is 0.364. The predicted molar refractivity (Wildman–Crippen MR) is 121 cm³/mol. The van der Waals surface area contributed by atoms with Gasteiger partial charge in [0.05, 0.1) is 18.6 Å². The van der Waals surface area contributed by atoms with Crippen LogP contribution in [-0.2, 0) is 24.3 Å². The number of carbonyl (C=O) groups is 2. The van der Waals surface area contributed by atoms with Crippen LogP contribution in [-0.4, -0.2) is 81.3 Å². The summed E-state index contributed by atoms with van der Waals surface area (Å²) in [5.41, 5.74) is 0.621. The van der Waals surface area contributed by atoms with Crippen LogP contribution in [0.4, 0.5) is 4.39 Å². The lowest BCUT2D eigenvalue weighted by Crippen LogP contribution is -2.53. The van der Waals surface area contributed by atoms with Crippen LogP contribution in [0.1, 0.15) is 11.6 Å². The highest BCUT2D eigenvalue weighted by Gasteiger charge is 2.34. The molecule has 0 radical (unpaired) electrons. The van der Waals surface area contributed by atoms with E-state index in [0.717, 1.165) is 28.6 Å². The molecule has 33 heavy (non-hydrogen) atoms. The number of hydrogen-bond donors (Lipinski definition) is 0. The number of likely N-dealkylation sites (N-methyl/N-ethyl adjacent to an activating group) is 1. The summed E-state index contributed by atoms with van der Waals surface area (Å²) in [6, 6.07) is 10.7. The smallest absolute Gasteiger partial charge is 0.327 e. The van der Waals surface area contributed by atoms with Crippen LogP contribution < -0.4 is 0 Å². The summed E-state index contributed by atoms with van der Waals surface area (Å²) in [6.07, 6.45) is 0. The van der Waals surface area contributed by atoms with E-state index < -0.39 is 27.9 Å². The molecule has 8 nitrogen and oxygen atoms in total. The summed E-state index contributed by atoms with van der Waals surface area (Å²) in [7, 11) is -1.32. The largest absolute Gasteiger partial charge is 0.468 e. The minimum Gasteiger partial charge on any atom is -0.468 e. The first-order valence-corrected chi connectivity index (χ1v) is 12.0. The molecule has 1 aliphatic rings. The van der Waals surface area contributed by atoms with Gasteiger partial charge in [-0.15, -0.1) is 0 Å². The Labute approximate surface area is 197 Å². The van der Waals surface area contributed by atoms with Gasteiger partial charge in [0.1, 0.15) is 11.9 Å². The molecule has 0 aliphatic carbocycles. The zero-order chi connectivity index (χ0) is 24.2. The second-order valence-corrected chi connectivity index (χ2v) is 10.0. The number of esters is 1. The fourth-order valence-electron chi connectivity index (χ4n) is 3.67. The first-order valence-electron chi connectivity index (χ1n) is 10.2. The van der Waals surface area contributed by atoms with E-state index in [0.29, 0.717) is 36.8 Å². The van der Waals surface area contributed by atoms with Crippen molar-refractivity contribution in [2.75, 3.05) is 46.9 Å². The van der Waals surface area contributed by atoms with Crippen molar-refractivity contribution >= 4 is 33.5 Å². The number of sulfonamides is 1. The number of ether oxygens (including phenoxy) is 1. The van der Waals surface area contributed by atoms with Crippen LogP contribution >= 0.6 is 11.6 Å². The van der Waals surface area contributed by atoms with Gasteiger partial charge in [0.2, 0.25) is 15.9 Å². The minimum absolute atomic E-state index is 0.0929. The molecule has 0 spiro atoms. The van der Waals surface area contributed by atoms with E-state index in [1.165, 1.54) is 14.2 Å². The standard InChI is InChI=1S/C22H25ClFN3O5S/c1-25(33(30,31)17-9-7-16(24)8-10-17)15-20(28)26-11-13-27(14-12-26)21(22(29)32-2)18-5-3-4-6-19(18)23/h3-10,21H,11-15H2,1-2H3. The molecule has 0 saturated carbocycles. The van der Waals surface area contributed by atoms with Gasteiger partial charge in [0, 0.05) is 38.2 Å². The Morgan fingerprint density at radius 3 is 2.27 bits per heavy atom. The van der Waals surface area contributed by atoms with Crippen LogP contribution in [0.3, 0.4) is 0 Å². The van der Waals surface area contributed by atoms with Gasteiger partial charge in [-0.3, -0.25) is 9.69 Å². The van der Waals surface area contributed by atoms with Crippen molar-refractivity contribution in [3.8, 4) is 0 Å². The van der Waals surface area contributed by atoms with Gasteiger partial charge in [0.15, 0.2) is 0 Å². The molecule has 178 valence electrons. The molecule has 2 aromatic carbocycles. The third-order valence-electron chi connectivity index (χ3n) is 5.54. The van der Waals surface area contributed by atoms with Crippen molar-refractivity contribution in [3.05, 3.63) is 64.9 Å². The average molecular weight is 498 g/mol. The first-order chi connectivity index (χ1) is 15.6. The molecule has 1 unspecified atom stereocenters. The number of amides is 1. The Balaban J connectivity index is 1.65. The van der Waals surface area contributed by atoms with Crippen LogP contribution in [0.2, 0.25) is 5.02 Å². The molecular weight excluding hydrogens is 473 g/mol. The molecule has 0 aromatic heterocycles. The van der Waals surface area contributed by atoms with Gasteiger partial charge in [-0.2, -0.15) is 4.31 Å². The predicted octanol–water partition coefficient (Wildman–Crippen LogP) is 2.16. The lowest BCUT2D eigenvalue weighted by atomic mass is 10.0. The molecule has 1 atom stereocenters. The van der Waals surface area contributed by atoms with Crippen molar-refractivity contribution in [3.63, 3.8) is 0 Å². The van der Waals surface area contributed by atoms with Crippen molar-refractivity contribution in [1.82, 2.24) is 14.1 Å². The SMILES string of the molecule is COC(=O)C(c1ccccc1Cl)N1CCN(C(=O)CN(C)S(=O)(=O)c2ccc(F)cc2)CC1. The number of benzene rings is 2. The van der Waals surface area contributed by atoms with E-state index in [1.54, 1.807) is 29.2 Å². The summed E-state index contributed by atoms with van der Waals surface area (Å²) in [5, 5.41) is 0.444. The van der Waals surface area contributed by atoms with E-state index in [1.807, 2.05) is 4.90 Å². The third-order valence-corrected chi connectivity index (χ3v) is 7.70. The molecule has 1 amide bonds. The topological polar surface area (TPSA) is 87.2 Å². The lowest BCUT2D eigenvalue weighted by Gasteiger charge is -2.38. The zero-order valence-corrected chi connectivity index (χ0v) is 19.9. The summed E-state index contributed by atoms with van der Waals surface area (Å²) in [5.74, 6) is -1.37. The molecule has 1 fully saturated rings. The number of methoxy groups -OCH3 is 1. The van der Waals surface area contributed by atoms with Gasteiger partial charge < -0.3 is 9.64 Å². The van der Waals surface area contributed by atoms with Gasteiger partial charge in [-0.25, -0.2) is 17.6 Å². The highest BCUT2D eigenvalue weighted by molar-refractivity contribution is 7.89. The number of hydrogen-bond acceptors (Lipinski definition) is 6. The van der Waals surface area contributed by atoms with Crippen LogP contribution in [0, 0.1) is 5.82 Å². The molecular formula is C22H25ClFN3O5S. The quantitative estimate of drug-likeness (QED) is 0.545. The fourth-order valence-corrected chi connectivity index (χ4v) is 5.03. The maximum atomic E-state index is 13.1. The molecule has 0 N–H and O–H groups in total. The Kier molecular flexibility index (Phi) is 8.06. The summed E-state index contributed by atoms with van der Waals surface area (Å²) < 4.78 is 44.3. The number of rotatable bonds is 7. The average Bonchev–Trinajstić information content (AvgIpc) is 2.81. The van der Waals surface area contributed by atoms with E-state index in [-0.39, 0.29) is 17.3 Å². The second kappa shape index (κ2) is 10.6. The van der Waals surface area contributed by atoms with Gasteiger partial charge in [0.25, 0.3) is 0 Å². The molecule has 2 aromatic rings. The third kappa shape index (κ3) is 5.70. The van der Waals surface area contributed by atoms with Crippen LogP contribution in [0.15, 0.2) is 53.4 Å². The van der Waals surface area contributed by atoms with Crippen molar-refractivity contribution in [2.45, 2.75) is 10.9 Å². The normalized spacial score (nSPS) is 16.0. The maximum absolute atomic E-state index is 13.1. The summed E-state index contributed by atoms with van der Waals surface area (Å²) in [6.45, 7) is 1.02.